The molecule has 0 unspecified atom stereocenters. The van der Waals surface area contributed by atoms with Crippen LogP contribution in [0.4, 0.5) is 4.39 Å². The maximum absolute atomic E-state index is 13.3. The monoisotopic (exact) mass is 302 g/mol. The minimum Gasteiger partial charge on any atom is -0.481 e. The van der Waals surface area contributed by atoms with Gasteiger partial charge in [0.15, 0.2) is 0 Å². The number of hydrogen-bond acceptors (Lipinski definition) is 4. The third kappa shape index (κ3) is 2.46. The number of nitrogens with zero attached hydrogens (tertiary/aromatic N) is 4. The number of carboxylic acids is 1. The van der Waals surface area contributed by atoms with Crippen LogP contribution >= 0.6 is 0 Å². The fourth-order valence-corrected chi connectivity index (χ4v) is 2.15. The van der Waals surface area contributed by atoms with E-state index in [0.717, 1.165) is 0 Å². The first-order chi connectivity index (χ1) is 10.6. The van der Waals surface area contributed by atoms with Gasteiger partial charge in [-0.25, -0.2) is 4.39 Å². The van der Waals surface area contributed by atoms with Crippen molar-refractivity contribution in [2.75, 3.05) is 0 Å². The molecule has 2 aromatic heterocycles. The van der Waals surface area contributed by atoms with Crippen LogP contribution in [-0.4, -0.2) is 30.2 Å². The van der Waals surface area contributed by atoms with Gasteiger partial charge in [0.2, 0.25) is 5.65 Å². The van der Waals surface area contributed by atoms with E-state index < -0.39 is 17.3 Å². The summed E-state index contributed by atoms with van der Waals surface area (Å²) in [6.07, 6.45) is 3.09. The largest absolute Gasteiger partial charge is 0.481 e. The third-order valence-corrected chi connectivity index (χ3v) is 3.19. The van der Waals surface area contributed by atoms with Crippen molar-refractivity contribution in [1.29, 1.82) is 0 Å². The van der Waals surface area contributed by atoms with E-state index in [1.165, 1.54) is 33.4 Å². The molecule has 112 valence electrons. The Morgan fingerprint density at radius 2 is 2.09 bits per heavy atom. The summed E-state index contributed by atoms with van der Waals surface area (Å²) >= 11 is 0. The summed E-state index contributed by atoms with van der Waals surface area (Å²) in [6.45, 7) is 0. The summed E-state index contributed by atoms with van der Waals surface area (Å²) in [5, 5.41) is 16.3. The fourth-order valence-electron chi connectivity index (χ4n) is 2.15. The second-order valence-electron chi connectivity index (χ2n) is 4.66. The SMILES string of the molecule is O=C(O)CCc1nnc2c(=O)n(-c3cccc(F)c3)ccn12. The molecule has 0 bridgehead atoms. The molecule has 0 saturated heterocycles. The van der Waals surface area contributed by atoms with Crippen molar-refractivity contribution in [3.05, 3.63) is 58.7 Å². The number of benzene rings is 1. The normalized spacial score (nSPS) is 11.0. The molecule has 0 aliphatic carbocycles. The van der Waals surface area contributed by atoms with Crippen molar-refractivity contribution in [2.24, 2.45) is 0 Å². The van der Waals surface area contributed by atoms with Gasteiger partial charge in [0, 0.05) is 18.8 Å². The van der Waals surface area contributed by atoms with E-state index in [-0.39, 0.29) is 18.5 Å². The van der Waals surface area contributed by atoms with E-state index in [2.05, 4.69) is 10.2 Å². The minimum atomic E-state index is -0.954. The Balaban J connectivity index is 2.08. The lowest BCUT2D eigenvalue weighted by atomic mass is 10.3. The van der Waals surface area contributed by atoms with Crippen LogP contribution in [0.15, 0.2) is 41.5 Å². The van der Waals surface area contributed by atoms with Crippen LogP contribution in [0.3, 0.4) is 0 Å². The van der Waals surface area contributed by atoms with E-state index in [1.807, 2.05) is 0 Å². The van der Waals surface area contributed by atoms with Gasteiger partial charge in [0.25, 0.3) is 0 Å². The molecule has 0 amide bonds. The van der Waals surface area contributed by atoms with Crippen molar-refractivity contribution in [2.45, 2.75) is 12.8 Å². The molecule has 8 heteroatoms. The van der Waals surface area contributed by atoms with Gasteiger partial charge in [-0.1, -0.05) is 6.07 Å². The maximum atomic E-state index is 13.3. The first kappa shape index (κ1) is 13.9. The van der Waals surface area contributed by atoms with Gasteiger partial charge in [0.05, 0.1) is 12.1 Å². The third-order valence-electron chi connectivity index (χ3n) is 3.19. The Morgan fingerprint density at radius 3 is 2.82 bits per heavy atom. The van der Waals surface area contributed by atoms with Crippen LogP contribution in [0.5, 0.6) is 0 Å². The summed E-state index contributed by atoms with van der Waals surface area (Å²) in [5.74, 6) is -1.02. The average Bonchev–Trinajstić information content (AvgIpc) is 2.89. The number of fused-ring (bicyclic) bond motifs is 1. The Kier molecular flexibility index (Phi) is 3.42. The zero-order valence-corrected chi connectivity index (χ0v) is 11.3. The molecule has 2 heterocycles. The van der Waals surface area contributed by atoms with Gasteiger partial charge in [-0.15, -0.1) is 10.2 Å². The molecule has 3 rings (SSSR count). The standard InChI is InChI=1S/C14H11FN4O3/c15-9-2-1-3-10(8-9)18-6-7-19-11(4-5-12(20)21)16-17-13(19)14(18)22/h1-3,6-8H,4-5H2,(H,20,21). The molecule has 0 saturated carbocycles. The highest BCUT2D eigenvalue weighted by molar-refractivity contribution is 5.66. The Morgan fingerprint density at radius 1 is 1.27 bits per heavy atom. The summed E-state index contributed by atoms with van der Waals surface area (Å²) < 4.78 is 16.0. The number of rotatable bonds is 4. The van der Waals surface area contributed by atoms with Crippen LogP contribution in [-0.2, 0) is 11.2 Å². The zero-order chi connectivity index (χ0) is 15.7. The van der Waals surface area contributed by atoms with Crippen LogP contribution in [0.2, 0.25) is 0 Å². The molecular formula is C14H11FN4O3. The molecule has 7 nitrogen and oxygen atoms in total. The molecule has 0 aliphatic rings. The Bertz CT molecular complexity index is 916. The molecule has 3 aromatic rings. The predicted molar refractivity (Wildman–Crippen MR) is 74.5 cm³/mol. The van der Waals surface area contributed by atoms with Crippen molar-refractivity contribution in [3.8, 4) is 5.69 Å². The van der Waals surface area contributed by atoms with E-state index in [4.69, 9.17) is 5.11 Å². The predicted octanol–water partition coefficient (Wildman–Crippen LogP) is 1.04. The quantitative estimate of drug-likeness (QED) is 0.777. The lowest BCUT2D eigenvalue weighted by Crippen LogP contribution is -2.20. The second-order valence-corrected chi connectivity index (χ2v) is 4.66. The summed E-state index contributed by atoms with van der Waals surface area (Å²) in [4.78, 5) is 23.0. The zero-order valence-electron chi connectivity index (χ0n) is 11.3. The van der Waals surface area contributed by atoms with Gasteiger partial charge in [0.1, 0.15) is 11.6 Å². The number of carboxylic acid groups (broad SMARTS) is 1. The van der Waals surface area contributed by atoms with Gasteiger partial charge in [-0.3, -0.25) is 18.6 Å². The van der Waals surface area contributed by atoms with E-state index >= 15 is 0 Å². The molecule has 1 N–H and O–H groups in total. The number of halogens is 1. The van der Waals surface area contributed by atoms with E-state index in [0.29, 0.717) is 11.5 Å². The highest BCUT2D eigenvalue weighted by atomic mass is 19.1. The van der Waals surface area contributed by atoms with Gasteiger partial charge in [-0.05, 0) is 18.2 Å². The number of aryl methyl sites for hydroxylation is 1. The number of hydrogen-bond donors (Lipinski definition) is 1. The Labute approximate surface area is 123 Å². The highest BCUT2D eigenvalue weighted by Crippen LogP contribution is 2.09. The molecule has 22 heavy (non-hydrogen) atoms. The summed E-state index contributed by atoms with van der Waals surface area (Å²) in [5.41, 5.74) is -0.0167. The number of carbonyl (C=O) groups is 1. The average molecular weight is 302 g/mol. The fraction of sp³-hybridized carbons (Fsp3) is 0.143. The second kappa shape index (κ2) is 5.40. The lowest BCUT2D eigenvalue weighted by Gasteiger charge is -2.06. The van der Waals surface area contributed by atoms with Crippen molar-refractivity contribution < 1.29 is 14.3 Å². The van der Waals surface area contributed by atoms with Crippen LogP contribution in [0.1, 0.15) is 12.2 Å². The topological polar surface area (TPSA) is 89.5 Å². The molecule has 0 spiro atoms. The van der Waals surface area contributed by atoms with E-state index in [9.17, 15) is 14.0 Å². The lowest BCUT2D eigenvalue weighted by molar-refractivity contribution is -0.137. The first-order valence-corrected chi connectivity index (χ1v) is 6.49. The van der Waals surface area contributed by atoms with Crippen LogP contribution in [0, 0.1) is 5.82 Å². The maximum Gasteiger partial charge on any atom is 0.303 e. The molecular weight excluding hydrogens is 291 g/mol. The highest BCUT2D eigenvalue weighted by Gasteiger charge is 2.12. The number of aromatic nitrogens is 4. The summed E-state index contributed by atoms with van der Waals surface area (Å²) in [7, 11) is 0. The van der Waals surface area contributed by atoms with Gasteiger partial charge < -0.3 is 5.11 Å². The summed E-state index contributed by atoms with van der Waals surface area (Å²) in [6, 6.07) is 5.62. The van der Waals surface area contributed by atoms with Crippen molar-refractivity contribution in [1.82, 2.24) is 19.2 Å². The Hall–Kier alpha value is -3.03. The number of aliphatic carboxylic acids is 1. The molecule has 0 radical (unpaired) electrons. The van der Waals surface area contributed by atoms with Crippen LogP contribution in [0.25, 0.3) is 11.3 Å². The van der Waals surface area contributed by atoms with Crippen molar-refractivity contribution >= 4 is 11.6 Å². The smallest absolute Gasteiger partial charge is 0.303 e. The molecule has 0 fully saturated rings. The van der Waals surface area contributed by atoms with E-state index in [1.54, 1.807) is 12.3 Å². The van der Waals surface area contributed by atoms with Crippen LogP contribution < -0.4 is 5.56 Å². The molecule has 0 atom stereocenters. The minimum absolute atomic E-state index is 0.0622. The van der Waals surface area contributed by atoms with Gasteiger partial charge >= 0.3 is 11.5 Å². The van der Waals surface area contributed by atoms with Gasteiger partial charge in [-0.2, -0.15) is 0 Å². The molecule has 1 aromatic carbocycles. The van der Waals surface area contributed by atoms with Crippen molar-refractivity contribution in [3.63, 3.8) is 0 Å². The first-order valence-electron chi connectivity index (χ1n) is 6.49. The molecule has 0 aliphatic heterocycles.